The number of nitrogens with zero attached hydrogens (tertiary/aromatic N) is 1. The van der Waals surface area contributed by atoms with Gasteiger partial charge in [-0.25, -0.2) is 0 Å². The van der Waals surface area contributed by atoms with E-state index in [2.05, 4.69) is 0 Å². The van der Waals surface area contributed by atoms with E-state index in [-0.39, 0.29) is 0 Å². The fourth-order valence-corrected chi connectivity index (χ4v) is 2.55. The van der Waals surface area contributed by atoms with E-state index in [1.807, 2.05) is 54.1 Å². The van der Waals surface area contributed by atoms with Crippen LogP contribution in [-0.4, -0.2) is 4.57 Å². The van der Waals surface area contributed by atoms with Gasteiger partial charge >= 0.3 is 6.18 Å². The van der Waals surface area contributed by atoms with Crippen molar-refractivity contribution in [2.75, 3.05) is 0 Å². The Kier molecular flexibility index (Phi) is 3.53. The molecule has 1 aromatic heterocycles. The van der Waals surface area contributed by atoms with Crippen molar-refractivity contribution in [2.24, 2.45) is 0 Å². The molecule has 0 amide bonds. The van der Waals surface area contributed by atoms with Crippen molar-refractivity contribution in [1.82, 2.24) is 4.57 Å². The molecule has 0 saturated carbocycles. The fourth-order valence-electron chi connectivity index (χ4n) is 2.55. The van der Waals surface area contributed by atoms with Gasteiger partial charge in [0.05, 0.1) is 5.56 Å². The highest BCUT2D eigenvalue weighted by atomic mass is 19.4. The molecule has 0 spiro atoms. The highest BCUT2D eigenvalue weighted by Crippen LogP contribution is 2.33. The molecule has 1 heterocycles. The summed E-state index contributed by atoms with van der Waals surface area (Å²) in [4.78, 5) is 0. The van der Waals surface area contributed by atoms with E-state index in [9.17, 15) is 13.2 Å². The third-order valence-corrected chi connectivity index (χ3v) is 3.68. The lowest BCUT2D eigenvalue weighted by atomic mass is 10.0. The van der Waals surface area contributed by atoms with Crippen LogP contribution in [0.3, 0.4) is 0 Å². The van der Waals surface area contributed by atoms with E-state index in [4.69, 9.17) is 0 Å². The van der Waals surface area contributed by atoms with Crippen molar-refractivity contribution >= 4 is 0 Å². The van der Waals surface area contributed by atoms with Crippen LogP contribution in [0.15, 0.2) is 66.9 Å². The van der Waals surface area contributed by atoms with Crippen LogP contribution < -0.4 is 0 Å². The third kappa shape index (κ3) is 2.64. The molecule has 0 aliphatic heterocycles. The summed E-state index contributed by atoms with van der Waals surface area (Å²) in [6.45, 7) is 1.91. The third-order valence-electron chi connectivity index (χ3n) is 3.68. The lowest BCUT2D eigenvalue weighted by Gasteiger charge is -2.10. The van der Waals surface area contributed by atoms with Gasteiger partial charge in [-0.1, -0.05) is 30.3 Å². The quantitative estimate of drug-likeness (QED) is 0.591. The monoisotopic (exact) mass is 301 g/mol. The van der Waals surface area contributed by atoms with Crippen LogP contribution in [0.1, 0.15) is 11.3 Å². The molecule has 3 rings (SSSR count). The Balaban J connectivity index is 2.06. The Morgan fingerprint density at radius 3 is 2.27 bits per heavy atom. The molecule has 1 nitrogen and oxygen atoms in total. The highest BCUT2D eigenvalue weighted by molar-refractivity contribution is 5.68. The van der Waals surface area contributed by atoms with Gasteiger partial charge in [-0.15, -0.1) is 0 Å². The smallest absolute Gasteiger partial charge is 0.321 e. The molecule has 112 valence electrons. The Hall–Kier alpha value is -2.49. The van der Waals surface area contributed by atoms with Crippen LogP contribution in [-0.2, 0) is 6.18 Å². The lowest BCUT2D eigenvalue weighted by molar-refractivity contribution is -0.137. The fraction of sp³-hybridized carbons (Fsp3) is 0.111. The first-order chi connectivity index (χ1) is 10.5. The van der Waals surface area contributed by atoms with Crippen molar-refractivity contribution in [1.29, 1.82) is 0 Å². The number of hydrogen-bond donors (Lipinski definition) is 0. The molecule has 0 radical (unpaired) electrons. The summed E-state index contributed by atoms with van der Waals surface area (Å²) in [5.41, 5.74) is 2.64. The minimum Gasteiger partial charge on any atom is -0.321 e. The van der Waals surface area contributed by atoms with Crippen LogP contribution in [0.4, 0.5) is 13.2 Å². The van der Waals surface area contributed by atoms with E-state index in [0.717, 1.165) is 23.0 Å². The van der Waals surface area contributed by atoms with Gasteiger partial charge in [0.2, 0.25) is 0 Å². The molecule has 0 aliphatic rings. The molecule has 0 fully saturated rings. The Morgan fingerprint density at radius 2 is 1.59 bits per heavy atom. The molecule has 22 heavy (non-hydrogen) atoms. The van der Waals surface area contributed by atoms with Crippen LogP contribution in [0.5, 0.6) is 0 Å². The number of para-hydroxylation sites is 1. The van der Waals surface area contributed by atoms with Crippen molar-refractivity contribution < 1.29 is 13.2 Å². The topological polar surface area (TPSA) is 4.93 Å². The molecule has 2 aromatic carbocycles. The Labute approximate surface area is 126 Å². The summed E-state index contributed by atoms with van der Waals surface area (Å²) >= 11 is 0. The van der Waals surface area contributed by atoms with Crippen molar-refractivity contribution in [3.63, 3.8) is 0 Å². The SMILES string of the molecule is Cc1c(-c2cccc(C(F)(F)F)c2)ccn1-c1ccccc1. The molecule has 0 atom stereocenters. The molecule has 0 unspecified atom stereocenters. The molecule has 0 bridgehead atoms. The average Bonchev–Trinajstić information content (AvgIpc) is 2.89. The van der Waals surface area contributed by atoms with Gasteiger partial charge in [0, 0.05) is 23.1 Å². The van der Waals surface area contributed by atoms with Gasteiger partial charge in [-0.05, 0) is 42.8 Å². The standard InChI is InChI=1S/C18H14F3N/c1-13-17(10-11-22(13)16-8-3-2-4-9-16)14-6-5-7-15(12-14)18(19,20)21/h2-12H,1H3. The average molecular weight is 301 g/mol. The number of hydrogen-bond acceptors (Lipinski definition) is 0. The van der Waals surface area contributed by atoms with E-state index in [1.54, 1.807) is 6.07 Å². The molecule has 3 aromatic rings. The molecule has 0 aliphatic carbocycles. The van der Waals surface area contributed by atoms with Crippen LogP contribution in [0, 0.1) is 6.92 Å². The van der Waals surface area contributed by atoms with Gasteiger partial charge in [0.15, 0.2) is 0 Å². The van der Waals surface area contributed by atoms with Crippen LogP contribution in [0.2, 0.25) is 0 Å². The van der Waals surface area contributed by atoms with E-state index < -0.39 is 11.7 Å². The Morgan fingerprint density at radius 1 is 0.864 bits per heavy atom. The molecular formula is C18H14F3N. The first-order valence-corrected chi connectivity index (χ1v) is 6.88. The first-order valence-electron chi connectivity index (χ1n) is 6.88. The molecular weight excluding hydrogens is 287 g/mol. The maximum Gasteiger partial charge on any atom is 0.416 e. The van der Waals surface area contributed by atoms with Crippen LogP contribution >= 0.6 is 0 Å². The zero-order chi connectivity index (χ0) is 15.7. The van der Waals surface area contributed by atoms with E-state index in [0.29, 0.717) is 5.56 Å². The predicted molar refractivity (Wildman–Crippen MR) is 80.9 cm³/mol. The van der Waals surface area contributed by atoms with Crippen molar-refractivity contribution in [2.45, 2.75) is 13.1 Å². The Bertz CT molecular complexity index is 786. The minimum atomic E-state index is -4.33. The maximum atomic E-state index is 12.8. The second kappa shape index (κ2) is 5.37. The number of rotatable bonds is 2. The van der Waals surface area contributed by atoms with Gasteiger partial charge < -0.3 is 4.57 Å². The number of alkyl halides is 3. The maximum absolute atomic E-state index is 12.8. The van der Waals surface area contributed by atoms with Crippen LogP contribution in [0.25, 0.3) is 16.8 Å². The molecule has 0 saturated heterocycles. The lowest BCUT2D eigenvalue weighted by Crippen LogP contribution is -2.04. The highest BCUT2D eigenvalue weighted by Gasteiger charge is 2.30. The van der Waals surface area contributed by atoms with E-state index in [1.165, 1.54) is 12.1 Å². The zero-order valence-electron chi connectivity index (χ0n) is 11.9. The second-order valence-corrected chi connectivity index (χ2v) is 5.10. The number of benzene rings is 2. The predicted octanol–water partition coefficient (Wildman–Crippen LogP) is 5.47. The second-order valence-electron chi connectivity index (χ2n) is 5.10. The summed E-state index contributed by atoms with van der Waals surface area (Å²) < 4.78 is 40.5. The summed E-state index contributed by atoms with van der Waals surface area (Å²) in [5, 5.41) is 0. The van der Waals surface area contributed by atoms with Gasteiger partial charge in [-0.3, -0.25) is 0 Å². The summed E-state index contributed by atoms with van der Waals surface area (Å²) in [6.07, 6.45) is -2.45. The molecule has 4 heteroatoms. The van der Waals surface area contributed by atoms with Gasteiger partial charge in [0.25, 0.3) is 0 Å². The normalized spacial score (nSPS) is 11.6. The number of halogens is 3. The van der Waals surface area contributed by atoms with Gasteiger partial charge in [0.1, 0.15) is 0 Å². The number of aromatic nitrogens is 1. The molecule has 0 N–H and O–H groups in total. The zero-order valence-corrected chi connectivity index (χ0v) is 11.9. The van der Waals surface area contributed by atoms with Crippen molar-refractivity contribution in [3.05, 3.63) is 78.1 Å². The van der Waals surface area contributed by atoms with Gasteiger partial charge in [-0.2, -0.15) is 13.2 Å². The van der Waals surface area contributed by atoms with E-state index >= 15 is 0 Å². The summed E-state index contributed by atoms with van der Waals surface area (Å²) in [5.74, 6) is 0. The summed E-state index contributed by atoms with van der Waals surface area (Å²) in [7, 11) is 0. The minimum absolute atomic E-state index is 0.571. The summed E-state index contributed by atoms with van der Waals surface area (Å²) in [6, 6.07) is 17.0. The first kappa shape index (κ1) is 14.4. The van der Waals surface area contributed by atoms with Crippen molar-refractivity contribution in [3.8, 4) is 16.8 Å². The largest absolute Gasteiger partial charge is 0.416 e.